The van der Waals surface area contributed by atoms with E-state index >= 15 is 0 Å². The van der Waals surface area contributed by atoms with Gasteiger partial charge in [-0.05, 0) is 45.2 Å². The highest BCUT2D eigenvalue weighted by Crippen LogP contribution is 2.28. The van der Waals surface area contributed by atoms with Gasteiger partial charge in [0.15, 0.2) is 0 Å². The summed E-state index contributed by atoms with van der Waals surface area (Å²) in [6, 6.07) is 0. The van der Waals surface area contributed by atoms with E-state index in [0.29, 0.717) is 0 Å². The van der Waals surface area contributed by atoms with Crippen molar-refractivity contribution in [2.75, 3.05) is 6.61 Å². The maximum Gasteiger partial charge on any atom is 0.332 e. The Labute approximate surface area is 148 Å². The molecule has 23 heavy (non-hydrogen) atoms. The van der Waals surface area contributed by atoms with E-state index in [0.717, 1.165) is 25.4 Å². The van der Waals surface area contributed by atoms with Gasteiger partial charge < -0.3 is 8.85 Å². The second-order valence-electron chi connectivity index (χ2n) is 8.21. The SMILES string of the molecule is CCCCCCCCO[Si](C)(C)OC(C)(CC)CCCC(C)C. The lowest BCUT2D eigenvalue weighted by atomic mass is 9.94. The number of rotatable bonds is 15. The zero-order valence-corrected chi connectivity index (χ0v) is 18.2. The Morgan fingerprint density at radius 2 is 1.52 bits per heavy atom. The van der Waals surface area contributed by atoms with Crippen LogP contribution in [0.25, 0.3) is 0 Å². The van der Waals surface area contributed by atoms with Gasteiger partial charge in [0.05, 0.1) is 5.60 Å². The summed E-state index contributed by atoms with van der Waals surface area (Å²) < 4.78 is 12.7. The monoisotopic (exact) mass is 344 g/mol. The molecule has 1 atom stereocenters. The van der Waals surface area contributed by atoms with Crippen molar-refractivity contribution in [3.8, 4) is 0 Å². The van der Waals surface area contributed by atoms with Crippen LogP contribution in [0.4, 0.5) is 0 Å². The van der Waals surface area contributed by atoms with E-state index in [-0.39, 0.29) is 5.60 Å². The molecule has 3 heteroatoms. The van der Waals surface area contributed by atoms with E-state index in [1.807, 2.05) is 0 Å². The molecule has 0 heterocycles. The van der Waals surface area contributed by atoms with Crippen molar-refractivity contribution >= 4 is 8.56 Å². The van der Waals surface area contributed by atoms with Crippen LogP contribution in [0.2, 0.25) is 13.1 Å². The van der Waals surface area contributed by atoms with E-state index in [2.05, 4.69) is 47.7 Å². The molecule has 0 aromatic carbocycles. The van der Waals surface area contributed by atoms with Crippen LogP contribution in [0.15, 0.2) is 0 Å². The second-order valence-corrected chi connectivity index (χ2v) is 11.5. The zero-order chi connectivity index (χ0) is 17.8. The molecule has 0 aliphatic rings. The fraction of sp³-hybridized carbons (Fsp3) is 1.00. The van der Waals surface area contributed by atoms with Crippen LogP contribution in [-0.4, -0.2) is 20.8 Å². The van der Waals surface area contributed by atoms with Gasteiger partial charge in [0.1, 0.15) is 0 Å². The molecule has 0 aliphatic heterocycles. The van der Waals surface area contributed by atoms with Gasteiger partial charge in [-0.15, -0.1) is 0 Å². The minimum atomic E-state index is -2.01. The first kappa shape index (κ1) is 23.1. The summed E-state index contributed by atoms with van der Waals surface area (Å²) in [5, 5.41) is 0. The molecule has 0 N–H and O–H groups in total. The molecule has 0 aromatic heterocycles. The summed E-state index contributed by atoms with van der Waals surface area (Å²) in [5.41, 5.74) is -0.00820. The van der Waals surface area contributed by atoms with Crippen LogP contribution in [-0.2, 0) is 8.85 Å². The lowest BCUT2D eigenvalue weighted by Gasteiger charge is -2.37. The van der Waals surface area contributed by atoms with Gasteiger partial charge in [0, 0.05) is 6.61 Å². The Hall–Kier alpha value is 0.137. The summed E-state index contributed by atoms with van der Waals surface area (Å²) in [6.07, 6.45) is 12.7. The molecule has 0 bridgehead atoms. The Bertz CT molecular complexity index is 279. The molecule has 0 spiro atoms. The highest BCUT2D eigenvalue weighted by atomic mass is 28.4. The molecule has 0 saturated heterocycles. The van der Waals surface area contributed by atoms with Crippen molar-refractivity contribution in [3.63, 3.8) is 0 Å². The smallest absolute Gasteiger partial charge is 0.332 e. The minimum Gasteiger partial charge on any atom is -0.394 e. The number of unbranched alkanes of at least 4 members (excludes halogenated alkanes) is 5. The predicted molar refractivity (Wildman–Crippen MR) is 105 cm³/mol. The van der Waals surface area contributed by atoms with Gasteiger partial charge in [0.25, 0.3) is 0 Å². The lowest BCUT2D eigenvalue weighted by Crippen LogP contribution is -2.45. The first-order valence-corrected chi connectivity index (χ1v) is 12.9. The van der Waals surface area contributed by atoms with E-state index in [4.69, 9.17) is 8.85 Å². The van der Waals surface area contributed by atoms with Crippen molar-refractivity contribution in [2.45, 2.75) is 118 Å². The van der Waals surface area contributed by atoms with E-state index in [1.54, 1.807) is 0 Å². The molecule has 0 aliphatic carbocycles. The van der Waals surface area contributed by atoms with Crippen molar-refractivity contribution in [1.29, 1.82) is 0 Å². The molecule has 0 radical (unpaired) electrons. The average molecular weight is 345 g/mol. The molecule has 1 unspecified atom stereocenters. The Morgan fingerprint density at radius 1 is 0.913 bits per heavy atom. The van der Waals surface area contributed by atoms with Crippen LogP contribution >= 0.6 is 0 Å². The Balaban J connectivity index is 4.04. The summed E-state index contributed by atoms with van der Waals surface area (Å²) in [5.74, 6) is 0.783. The molecule has 0 saturated carbocycles. The molecule has 140 valence electrons. The van der Waals surface area contributed by atoms with Gasteiger partial charge in [-0.3, -0.25) is 0 Å². The van der Waals surface area contributed by atoms with Crippen molar-refractivity contribution < 1.29 is 8.85 Å². The van der Waals surface area contributed by atoms with E-state index in [1.165, 1.54) is 51.4 Å². The summed E-state index contributed by atoms with van der Waals surface area (Å²) in [7, 11) is -2.01. The third kappa shape index (κ3) is 13.1. The summed E-state index contributed by atoms with van der Waals surface area (Å²) in [4.78, 5) is 0. The van der Waals surface area contributed by atoms with E-state index < -0.39 is 8.56 Å². The minimum absolute atomic E-state index is 0.00820. The predicted octanol–water partition coefficient (Wildman–Crippen LogP) is 7.08. The number of hydrogen-bond donors (Lipinski definition) is 0. The van der Waals surface area contributed by atoms with Gasteiger partial charge in [-0.1, -0.05) is 72.6 Å². The third-order valence-electron chi connectivity index (χ3n) is 4.67. The van der Waals surface area contributed by atoms with Gasteiger partial charge in [0.2, 0.25) is 0 Å². The Morgan fingerprint density at radius 3 is 2.09 bits per heavy atom. The number of hydrogen-bond acceptors (Lipinski definition) is 2. The first-order valence-electron chi connectivity index (χ1n) is 10.1. The summed E-state index contributed by atoms with van der Waals surface area (Å²) >= 11 is 0. The molecule has 2 nitrogen and oxygen atoms in total. The van der Waals surface area contributed by atoms with Crippen molar-refractivity contribution in [1.82, 2.24) is 0 Å². The van der Waals surface area contributed by atoms with E-state index in [9.17, 15) is 0 Å². The van der Waals surface area contributed by atoms with Crippen LogP contribution in [0.1, 0.15) is 98.8 Å². The molecule has 0 amide bonds. The van der Waals surface area contributed by atoms with Crippen molar-refractivity contribution in [3.05, 3.63) is 0 Å². The fourth-order valence-corrected chi connectivity index (χ4v) is 5.14. The van der Waals surface area contributed by atoms with Gasteiger partial charge in [-0.25, -0.2) is 0 Å². The maximum absolute atomic E-state index is 6.52. The Kier molecular flexibility index (Phi) is 12.6. The van der Waals surface area contributed by atoms with Crippen LogP contribution in [0, 0.1) is 5.92 Å². The largest absolute Gasteiger partial charge is 0.394 e. The zero-order valence-electron chi connectivity index (χ0n) is 17.2. The van der Waals surface area contributed by atoms with Crippen molar-refractivity contribution in [2.24, 2.45) is 5.92 Å². The van der Waals surface area contributed by atoms with Crippen LogP contribution in [0.5, 0.6) is 0 Å². The lowest BCUT2D eigenvalue weighted by molar-refractivity contribution is 0.0257. The normalized spacial score (nSPS) is 15.1. The molecule has 0 rings (SSSR count). The molecule has 0 fully saturated rings. The van der Waals surface area contributed by atoms with Crippen LogP contribution in [0.3, 0.4) is 0 Å². The quantitative estimate of drug-likeness (QED) is 0.233. The molecule has 0 aromatic rings. The highest BCUT2D eigenvalue weighted by Gasteiger charge is 2.34. The highest BCUT2D eigenvalue weighted by molar-refractivity contribution is 6.64. The standard InChI is InChI=1S/C20H44O2Si/c1-8-10-11-12-13-14-18-21-23(6,7)22-20(5,9-2)17-15-16-19(3)4/h19H,8-18H2,1-7H3. The van der Waals surface area contributed by atoms with Crippen LogP contribution < -0.4 is 0 Å². The first-order chi connectivity index (χ1) is 10.7. The fourth-order valence-electron chi connectivity index (χ4n) is 3.01. The summed E-state index contributed by atoms with van der Waals surface area (Å²) in [6.45, 7) is 16.7. The molecular weight excluding hydrogens is 300 g/mol. The second kappa shape index (κ2) is 12.5. The maximum atomic E-state index is 6.52. The molecular formula is C20H44O2Si. The topological polar surface area (TPSA) is 18.5 Å². The van der Waals surface area contributed by atoms with Gasteiger partial charge in [-0.2, -0.15) is 0 Å². The van der Waals surface area contributed by atoms with Gasteiger partial charge >= 0.3 is 8.56 Å². The average Bonchev–Trinajstić information content (AvgIpc) is 2.45. The third-order valence-corrected chi connectivity index (χ3v) is 6.56.